The third-order valence-electron chi connectivity index (χ3n) is 4.56. The quantitative estimate of drug-likeness (QED) is 0.605. The Morgan fingerprint density at radius 2 is 1.97 bits per heavy atom. The summed E-state index contributed by atoms with van der Waals surface area (Å²) in [5.74, 6) is -0.299. The van der Waals surface area contributed by atoms with Crippen molar-refractivity contribution in [2.75, 3.05) is 6.79 Å². The lowest BCUT2D eigenvalue weighted by molar-refractivity contribution is -0.141. The number of rotatable bonds is 2. The van der Waals surface area contributed by atoms with Crippen LogP contribution in [0.3, 0.4) is 0 Å². The molecule has 0 fully saturated rings. The second kappa shape index (κ2) is 6.69. The van der Waals surface area contributed by atoms with Crippen LogP contribution in [0.4, 0.5) is 17.6 Å². The molecule has 0 N–H and O–H groups in total. The monoisotopic (exact) mass is 411 g/mol. The number of alkyl halides is 3. The van der Waals surface area contributed by atoms with E-state index in [0.717, 1.165) is 21.3 Å². The van der Waals surface area contributed by atoms with Crippen LogP contribution in [-0.4, -0.2) is 20.9 Å². The second-order valence-corrected chi connectivity index (χ2v) is 6.46. The summed E-state index contributed by atoms with van der Waals surface area (Å²) in [6, 6.07) is 3.99. The second-order valence-electron chi connectivity index (χ2n) is 6.46. The highest BCUT2D eigenvalue weighted by Gasteiger charge is 2.33. The van der Waals surface area contributed by atoms with Gasteiger partial charge in [-0.15, -0.1) is 0 Å². The number of fused-ring (bicyclic) bond motifs is 2. The minimum absolute atomic E-state index is 0.0690. The first-order valence-electron chi connectivity index (χ1n) is 8.36. The van der Waals surface area contributed by atoms with Gasteiger partial charge in [-0.2, -0.15) is 13.2 Å². The highest BCUT2D eigenvalue weighted by atomic mass is 19.4. The molecule has 0 spiro atoms. The standard InChI is InChI=1S/C18H13F4N3O4/c1-24-15-12(2-3-13(23-15)18(20,21)22)16(26)25(17(24)27)6-9-4-11(19)5-10-7-28-8-29-14(9)10/h2-5H,6-8H2,1H3. The van der Waals surface area contributed by atoms with Gasteiger partial charge >= 0.3 is 11.9 Å². The van der Waals surface area contributed by atoms with E-state index in [9.17, 15) is 27.2 Å². The summed E-state index contributed by atoms with van der Waals surface area (Å²) in [6.07, 6.45) is -4.72. The maximum absolute atomic E-state index is 13.9. The summed E-state index contributed by atoms with van der Waals surface area (Å²) in [4.78, 5) is 28.9. The van der Waals surface area contributed by atoms with Crippen LogP contribution in [-0.2, 0) is 31.1 Å². The molecule has 3 heterocycles. The Morgan fingerprint density at radius 1 is 1.21 bits per heavy atom. The minimum Gasteiger partial charge on any atom is -0.467 e. The zero-order chi connectivity index (χ0) is 20.9. The molecule has 4 rings (SSSR count). The lowest BCUT2D eigenvalue weighted by atomic mass is 10.1. The van der Waals surface area contributed by atoms with Gasteiger partial charge in [-0.05, 0) is 24.3 Å². The zero-order valence-electron chi connectivity index (χ0n) is 14.9. The molecule has 1 aliphatic heterocycles. The van der Waals surface area contributed by atoms with Crippen molar-refractivity contribution in [3.8, 4) is 5.75 Å². The van der Waals surface area contributed by atoms with Gasteiger partial charge in [0.15, 0.2) is 6.79 Å². The molecule has 152 valence electrons. The van der Waals surface area contributed by atoms with Gasteiger partial charge in [-0.1, -0.05) is 0 Å². The van der Waals surface area contributed by atoms with E-state index in [2.05, 4.69) is 4.98 Å². The van der Waals surface area contributed by atoms with Crippen LogP contribution >= 0.6 is 0 Å². The maximum atomic E-state index is 13.9. The Morgan fingerprint density at radius 3 is 2.69 bits per heavy atom. The van der Waals surface area contributed by atoms with Crippen molar-refractivity contribution in [2.24, 2.45) is 7.05 Å². The predicted molar refractivity (Wildman–Crippen MR) is 92.0 cm³/mol. The van der Waals surface area contributed by atoms with E-state index in [0.29, 0.717) is 17.4 Å². The van der Waals surface area contributed by atoms with Gasteiger partial charge in [0.05, 0.1) is 18.5 Å². The maximum Gasteiger partial charge on any atom is 0.433 e. The fraction of sp³-hybridized carbons (Fsp3) is 0.278. The van der Waals surface area contributed by atoms with Crippen LogP contribution in [0.5, 0.6) is 5.75 Å². The van der Waals surface area contributed by atoms with E-state index < -0.39 is 34.6 Å². The first kappa shape index (κ1) is 19.1. The van der Waals surface area contributed by atoms with E-state index >= 15 is 0 Å². The topological polar surface area (TPSA) is 75.3 Å². The zero-order valence-corrected chi connectivity index (χ0v) is 14.9. The summed E-state index contributed by atoms with van der Waals surface area (Å²) < 4.78 is 64.8. The van der Waals surface area contributed by atoms with E-state index in [1.165, 1.54) is 13.1 Å². The van der Waals surface area contributed by atoms with Crippen molar-refractivity contribution in [2.45, 2.75) is 19.3 Å². The SMILES string of the molecule is Cn1c(=O)n(Cc2cc(F)cc3c2OCOC3)c(=O)c2ccc(C(F)(F)F)nc21. The molecular weight excluding hydrogens is 398 g/mol. The Balaban J connectivity index is 1.89. The van der Waals surface area contributed by atoms with Gasteiger partial charge in [0, 0.05) is 18.2 Å². The first-order valence-corrected chi connectivity index (χ1v) is 8.36. The molecule has 1 aliphatic rings. The average molecular weight is 411 g/mol. The number of pyridine rings is 1. The van der Waals surface area contributed by atoms with Gasteiger partial charge in [0.1, 0.15) is 22.9 Å². The van der Waals surface area contributed by atoms with Crippen LogP contribution in [0.25, 0.3) is 11.0 Å². The average Bonchev–Trinajstić information content (AvgIpc) is 2.68. The van der Waals surface area contributed by atoms with E-state index in [4.69, 9.17) is 9.47 Å². The van der Waals surface area contributed by atoms with Crippen LogP contribution in [0.15, 0.2) is 33.9 Å². The van der Waals surface area contributed by atoms with Crippen LogP contribution in [0.2, 0.25) is 0 Å². The number of aryl methyl sites for hydroxylation is 1. The predicted octanol–water partition coefficient (Wildman–Crippen LogP) is 2.17. The van der Waals surface area contributed by atoms with Crippen LogP contribution in [0.1, 0.15) is 16.8 Å². The van der Waals surface area contributed by atoms with Crippen molar-refractivity contribution in [3.05, 3.63) is 67.7 Å². The number of hydrogen-bond acceptors (Lipinski definition) is 5. The summed E-state index contributed by atoms with van der Waals surface area (Å²) in [6.45, 7) is -0.294. The van der Waals surface area contributed by atoms with Crippen molar-refractivity contribution in [1.29, 1.82) is 0 Å². The van der Waals surface area contributed by atoms with E-state index in [-0.39, 0.29) is 30.9 Å². The Hall–Kier alpha value is -3.21. The number of hydrogen-bond donors (Lipinski definition) is 0. The molecule has 0 atom stereocenters. The normalized spacial score (nSPS) is 14.0. The molecular formula is C18H13F4N3O4. The van der Waals surface area contributed by atoms with Crippen molar-refractivity contribution in [1.82, 2.24) is 14.1 Å². The molecule has 0 saturated heterocycles. The Bertz CT molecular complexity index is 1250. The fourth-order valence-corrected chi connectivity index (χ4v) is 3.22. The Labute approximate surface area is 159 Å². The van der Waals surface area contributed by atoms with Crippen LogP contribution in [0, 0.1) is 5.82 Å². The highest BCUT2D eigenvalue weighted by Crippen LogP contribution is 2.30. The van der Waals surface area contributed by atoms with E-state index in [1.807, 2.05) is 0 Å². The highest BCUT2D eigenvalue weighted by molar-refractivity contribution is 5.74. The summed E-state index contributed by atoms with van der Waals surface area (Å²) in [5.41, 5.74) is -2.68. The molecule has 0 unspecified atom stereocenters. The molecule has 0 saturated carbocycles. The van der Waals surface area contributed by atoms with Crippen molar-refractivity contribution < 1.29 is 27.0 Å². The van der Waals surface area contributed by atoms with Gasteiger partial charge < -0.3 is 9.47 Å². The fourth-order valence-electron chi connectivity index (χ4n) is 3.22. The van der Waals surface area contributed by atoms with Crippen molar-refractivity contribution >= 4 is 11.0 Å². The molecule has 29 heavy (non-hydrogen) atoms. The van der Waals surface area contributed by atoms with Gasteiger partial charge in [-0.3, -0.25) is 13.9 Å². The molecule has 11 heteroatoms. The number of nitrogens with zero attached hydrogens (tertiary/aromatic N) is 3. The number of ether oxygens (including phenoxy) is 2. The molecule has 1 aromatic carbocycles. The number of halogens is 4. The third-order valence-corrected chi connectivity index (χ3v) is 4.56. The van der Waals surface area contributed by atoms with Crippen LogP contribution < -0.4 is 16.0 Å². The number of benzene rings is 1. The molecule has 2 aromatic heterocycles. The smallest absolute Gasteiger partial charge is 0.433 e. The molecule has 0 aliphatic carbocycles. The van der Waals surface area contributed by atoms with Gasteiger partial charge in [0.25, 0.3) is 5.56 Å². The number of aromatic nitrogens is 3. The molecule has 0 bridgehead atoms. The molecule has 7 nitrogen and oxygen atoms in total. The summed E-state index contributed by atoms with van der Waals surface area (Å²) in [7, 11) is 1.21. The Kier molecular flexibility index (Phi) is 4.41. The summed E-state index contributed by atoms with van der Waals surface area (Å²) >= 11 is 0. The van der Waals surface area contributed by atoms with Gasteiger partial charge in [0.2, 0.25) is 0 Å². The lowest BCUT2D eigenvalue weighted by Gasteiger charge is -2.21. The summed E-state index contributed by atoms with van der Waals surface area (Å²) in [5, 5.41) is -0.172. The first-order chi connectivity index (χ1) is 13.7. The minimum atomic E-state index is -4.72. The molecule has 0 amide bonds. The lowest BCUT2D eigenvalue weighted by Crippen LogP contribution is -2.40. The van der Waals surface area contributed by atoms with Gasteiger partial charge in [-0.25, -0.2) is 14.2 Å². The third kappa shape index (κ3) is 3.27. The van der Waals surface area contributed by atoms with E-state index in [1.54, 1.807) is 0 Å². The largest absolute Gasteiger partial charge is 0.467 e. The van der Waals surface area contributed by atoms with Crippen molar-refractivity contribution in [3.63, 3.8) is 0 Å². The molecule has 3 aromatic rings. The molecule has 0 radical (unpaired) electrons.